The highest BCUT2D eigenvalue weighted by Gasteiger charge is 2.26. The Morgan fingerprint density at radius 2 is 2.28 bits per heavy atom. The maximum Gasteiger partial charge on any atom is 0.257 e. The summed E-state index contributed by atoms with van der Waals surface area (Å²) >= 11 is 11.5. The first-order valence-corrected chi connectivity index (χ1v) is 6.25. The molecular formula is C11H10Cl2N4O. The van der Waals surface area contributed by atoms with Crippen LogP contribution in [0.2, 0.25) is 10.3 Å². The fourth-order valence-electron chi connectivity index (χ4n) is 1.94. The van der Waals surface area contributed by atoms with Crippen molar-refractivity contribution in [1.82, 2.24) is 15.1 Å². The zero-order valence-corrected chi connectivity index (χ0v) is 10.9. The highest BCUT2D eigenvalue weighted by atomic mass is 35.5. The summed E-state index contributed by atoms with van der Waals surface area (Å²) in [6.45, 7) is 1.04. The average molecular weight is 285 g/mol. The molecule has 1 unspecified atom stereocenters. The predicted molar refractivity (Wildman–Crippen MR) is 66.3 cm³/mol. The van der Waals surface area contributed by atoms with Crippen LogP contribution in [0.4, 0.5) is 0 Å². The average Bonchev–Trinajstić information content (AvgIpc) is 2.41. The number of nitrogens with zero attached hydrogens (tertiary/aromatic N) is 4. The zero-order valence-electron chi connectivity index (χ0n) is 9.44. The molecule has 0 spiro atoms. The second-order valence-electron chi connectivity index (χ2n) is 4.09. The Balaban J connectivity index is 2.21. The summed E-state index contributed by atoms with van der Waals surface area (Å²) in [7, 11) is 0. The topological polar surface area (TPSA) is 69.9 Å². The van der Waals surface area contributed by atoms with Crippen molar-refractivity contribution < 1.29 is 4.79 Å². The molecule has 0 radical (unpaired) electrons. The monoisotopic (exact) mass is 284 g/mol. The third-order valence-corrected chi connectivity index (χ3v) is 3.30. The third-order valence-electron chi connectivity index (χ3n) is 2.84. The minimum Gasteiger partial charge on any atom is -0.337 e. The van der Waals surface area contributed by atoms with E-state index in [9.17, 15) is 4.79 Å². The lowest BCUT2D eigenvalue weighted by Gasteiger charge is -2.29. The second kappa shape index (κ2) is 5.51. The van der Waals surface area contributed by atoms with E-state index in [4.69, 9.17) is 28.5 Å². The van der Waals surface area contributed by atoms with Gasteiger partial charge in [-0.25, -0.2) is 0 Å². The number of carbonyl (C=O) groups excluding carboxylic acids is 1. The van der Waals surface area contributed by atoms with E-state index < -0.39 is 0 Å². The normalized spacial score (nSPS) is 19.4. The number of likely N-dealkylation sites (tertiary alicyclic amines) is 1. The summed E-state index contributed by atoms with van der Waals surface area (Å²) < 4.78 is 0. The molecule has 18 heavy (non-hydrogen) atoms. The second-order valence-corrected chi connectivity index (χ2v) is 4.84. The number of nitriles is 1. The van der Waals surface area contributed by atoms with Crippen LogP contribution < -0.4 is 0 Å². The molecule has 94 valence electrons. The fourth-order valence-corrected chi connectivity index (χ4v) is 2.26. The van der Waals surface area contributed by atoms with Crippen LogP contribution in [-0.2, 0) is 0 Å². The van der Waals surface area contributed by atoms with E-state index in [1.807, 2.05) is 0 Å². The molecule has 0 aliphatic carbocycles. The van der Waals surface area contributed by atoms with Gasteiger partial charge in [-0.2, -0.15) is 5.26 Å². The van der Waals surface area contributed by atoms with E-state index in [1.165, 1.54) is 6.07 Å². The Labute approximate surface area is 114 Å². The van der Waals surface area contributed by atoms with Gasteiger partial charge in [-0.1, -0.05) is 23.2 Å². The largest absolute Gasteiger partial charge is 0.337 e. The maximum absolute atomic E-state index is 12.2. The Morgan fingerprint density at radius 3 is 3.00 bits per heavy atom. The standard InChI is InChI=1S/C11H10Cl2N4O/c12-9-4-8(10(13)16-15-9)11(18)17-3-1-2-7(5-14)6-17/h4,7H,1-3,6H2. The van der Waals surface area contributed by atoms with Crippen molar-refractivity contribution in [1.29, 1.82) is 5.26 Å². The van der Waals surface area contributed by atoms with E-state index in [1.54, 1.807) is 4.90 Å². The molecule has 0 N–H and O–H groups in total. The van der Waals surface area contributed by atoms with Gasteiger partial charge in [0.1, 0.15) is 0 Å². The van der Waals surface area contributed by atoms with Crippen LogP contribution in [0.3, 0.4) is 0 Å². The molecule has 1 fully saturated rings. The molecule has 1 amide bonds. The van der Waals surface area contributed by atoms with Gasteiger partial charge in [-0.3, -0.25) is 4.79 Å². The van der Waals surface area contributed by atoms with Crippen molar-refractivity contribution in [3.05, 3.63) is 21.9 Å². The minimum absolute atomic E-state index is 0.0310. The van der Waals surface area contributed by atoms with Gasteiger partial charge in [0.25, 0.3) is 5.91 Å². The highest BCUT2D eigenvalue weighted by molar-refractivity contribution is 6.34. The molecule has 2 rings (SSSR count). The lowest BCUT2D eigenvalue weighted by Crippen LogP contribution is -2.39. The molecule has 1 aromatic rings. The number of piperidine rings is 1. The number of amides is 1. The van der Waals surface area contributed by atoms with Gasteiger partial charge >= 0.3 is 0 Å². The molecule has 1 aromatic heterocycles. The van der Waals surface area contributed by atoms with Crippen LogP contribution in [0.25, 0.3) is 0 Å². The predicted octanol–water partition coefficient (Wildman–Crippen LogP) is 2.16. The summed E-state index contributed by atoms with van der Waals surface area (Å²) in [4.78, 5) is 13.8. The highest BCUT2D eigenvalue weighted by Crippen LogP contribution is 2.21. The zero-order chi connectivity index (χ0) is 13.1. The molecule has 1 saturated heterocycles. The van der Waals surface area contributed by atoms with E-state index >= 15 is 0 Å². The van der Waals surface area contributed by atoms with Crippen LogP contribution in [0.1, 0.15) is 23.2 Å². The van der Waals surface area contributed by atoms with E-state index in [0.717, 1.165) is 12.8 Å². The molecule has 2 heterocycles. The third kappa shape index (κ3) is 2.71. The smallest absolute Gasteiger partial charge is 0.257 e. The Hall–Kier alpha value is -1.38. The molecule has 1 aliphatic rings. The van der Waals surface area contributed by atoms with Gasteiger partial charge in [0.05, 0.1) is 17.6 Å². The summed E-state index contributed by atoms with van der Waals surface area (Å²) in [5, 5.41) is 16.2. The first-order chi connectivity index (χ1) is 8.61. The van der Waals surface area contributed by atoms with Crippen LogP contribution in [0.15, 0.2) is 6.07 Å². The van der Waals surface area contributed by atoms with E-state index in [2.05, 4.69) is 16.3 Å². The van der Waals surface area contributed by atoms with Gasteiger partial charge in [0, 0.05) is 13.1 Å². The maximum atomic E-state index is 12.2. The molecule has 5 nitrogen and oxygen atoms in total. The van der Waals surface area contributed by atoms with Gasteiger partial charge < -0.3 is 4.90 Å². The molecule has 0 aromatic carbocycles. The number of carbonyl (C=O) groups is 1. The lowest BCUT2D eigenvalue weighted by atomic mass is 9.99. The summed E-state index contributed by atoms with van der Waals surface area (Å²) in [5.74, 6) is -0.372. The Kier molecular flexibility index (Phi) is 4.00. The van der Waals surface area contributed by atoms with Crippen molar-refractivity contribution in [3.8, 4) is 6.07 Å². The van der Waals surface area contributed by atoms with Gasteiger partial charge in [-0.15, -0.1) is 10.2 Å². The van der Waals surface area contributed by atoms with Crippen molar-refractivity contribution in [2.24, 2.45) is 5.92 Å². The van der Waals surface area contributed by atoms with Crippen molar-refractivity contribution >= 4 is 29.1 Å². The Bertz CT molecular complexity index is 514. The van der Waals surface area contributed by atoms with Crippen molar-refractivity contribution in [2.75, 3.05) is 13.1 Å². The lowest BCUT2D eigenvalue weighted by molar-refractivity contribution is 0.0698. The molecule has 0 saturated carbocycles. The molecule has 1 aliphatic heterocycles. The number of rotatable bonds is 1. The number of aromatic nitrogens is 2. The molecule has 7 heteroatoms. The van der Waals surface area contributed by atoms with Crippen LogP contribution in [-0.4, -0.2) is 34.1 Å². The van der Waals surface area contributed by atoms with Crippen molar-refractivity contribution in [2.45, 2.75) is 12.8 Å². The first kappa shape index (κ1) is 13.1. The summed E-state index contributed by atoms with van der Waals surface area (Å²) in [6.07, 6.45) is 1.64. The van der Waals surface area contributed by atoms with E-state index in [0.29, 0.717) is 13.1 Å². The quantitative estimate of drug-likeness (QED) is 0.792. The van der Waals surface area contributed by atoms with Crippen LogP contribution in [0.5, 0.6) is 0 Å². The molecule has 1 atom stereocenters. The minimum atomic E-state index is -0.253. The first-order valence-electron chi connectivity index (χ1n) is 5.49. The Morgan fingerprint density at radius 1 is 1.50 bits per heavy atom. The van der Waals surface area contributed by atoms with Gasteiger partial charge in [0.15, 0.2) is 10.3 Å². The number of hydrogen-bond acceptors (Lipinski definition) is 4. The van der Waals surface area contributed by atoms with Crippen LogP contribution >= 0.6 is 23.2 Å². The van der Waals surface area contributed by atoms with E-state index in [-0.39, 0.29) is 27.7 Å². The van der Waals surface area contributed by atoms with Crippen LogP contribution in [0, 0.1) is 17.2 Å². The SMILES string of the molecule is N#CC1CCCN(C(=O)c2cc(Cl)nnc2Cl)C1. The van der Waals surface area contributed by atoms with Gasteiger partial charge in [-0.05, 0) is 18.9 Å². The van der Waals surface area contributed by atoms with Crippen molar-refractivity contribution in [3.63, 3.8) is 0 Å². The molecular weight excluding hydrogens is 275 g/mol. The number of halogens is 2. The fraction of sp³-hybridized carbons (Fsp3) is 0.455. The summed E-state index contributed by atoms with van der Waals surface area (Å²) in [5.41, 5.74) is 0.232. The number of hydrogen-bond donors (Lipinski definition) is 0. The van der Waals surface area contributed by atoms with Gasteiger partial charge in [0.2, 0.25) is 0 Å². The summed E-state index contributed by atoms with van der Waals surface area (Å²) in [6, 6.07) is 3.58. The molecule has 0 bridgehead atoms.